The van der Waals surface area contributed by atoms with Gasteiger partial charge in [-0.1, -0.05) is 13.8 Å². The predicted octanol–water partition coefficient (Wildman–Crippen LogP) is -0.526. The van der Waals surface area contributed by atoms with Crippen LogP contribution in [0.25, 0.3) is 0 Å². The molecule has 6 nitrogen and oxygen atoms in total. The molecule has 0 saturated carbocycles. The lowest BCUT2D eigenvalue weighted by Crippen LogP contribution is -2.55. The summed E-state index contributed by atoms with van der Waals surface area (Å²) in [6, 6.07) is -0.332. The molecular weight excluding hydrogens is 234 g/mol. The van der Waals surface area contributed by atoms with E-state index in [1.165, 1.54) is 0 Å². The summed E-state index contributed by atoms with van der Waals surface area (Å²) in [6.07, 6.45) is 1.21. The third-order valence-electron chi connectivity index (χ3n) is 3.48. The maximum atomic E-state index is 11.8. The van der Waals surface area contributed by atoms with Crippen LogP contribution in [0.3, 0.4) is 0 Å². The highest BCUT2D eigenvalue weighted by Crippen LogP contribution is 2.23. The summed E-state index contributed by atoms with van der Waals surface area (Å²) in [5.74, 6) is 5.11. The number of hydrazine groups is 1. The topological polar surface area (TPSA) is 87.8 Å². The highest BCUT2D eigenvalue weighted by atomic mass is 16.5. The first-order valence-corrected chi connectivity index (χ1v) is 6.40. The van der Waals surface area contributed by atoms with Gasteiger partial charge in [0.15, 0.2) is 0 Å². The van der Waals surface area contributed by atoms with Crippen molar-refractivity contribution in [3.63, 3.8) is 0 Å². The van der Waals surface area contributed by atoms with E-state index >= 15 is 0 Å². The van der Waals surface area contributed by atoms with E-state index in [0.717, 1.165) is 0 Å². The standard InChI is InChI=1S/C12H25N3O3/c1-9(2)10(11(16)14-13)15(3)8-12(17)4-6-18-7-5-12/h9-10,17H,4-8,13H2,1-3H3,(H,14,16). The highest BCUT2D eigenvalue weighted by Gasteiger charge is 2.35. The van der Waals surface area contributed by atoms with E-state index in [2.05, 4.69) is 5.43 Å². The number of ether oxygens (including phenoxy) is 1. The summed E-state index contributed by atoms with van der Waals surface area (Å²) in [7, 11) is 1.84. The number of nitrogens with two attached hydrogens (primary N) is 1. The second-order valence-electron chi connectivity index (χ2n) is 5.45. The van der Waals surface area contributed by atoms with Gasteiger partial charge in [0.2, 0.25) is 0 Å². The van der Waals surface area contributed by atoms with Crippen LogP contribution >= 0.6 is 0 Å². The van der Waals surface area contributed by atoms with Crippen LogP contribution in [0.4, 0.5) is 0 Å². The molecule has 0 bridgehead atoms. The Morgan fingerprint density at radius 3 is 2.50 bits per heavy atom. The Bertz CT molecular complexity index is 278. The minimum atomic E-state index is -0.769. The van der Waals surface area contributed by atoms with Crippen molar-refractivity contribution in [2.75, 3.05) is 26.8 Å². The van der Waals surface area contributed by atoms with Gasteiger partial charge in [-0.15, -0.1) is 0 Å². The summed E-state index contributed by atoms with van der Waals surface area (Å²) in [5, 5.41) is 10.4. The van der Waals surface area contributed by atoms with Crippen molar-refractivity contribution in [3.8, 4) is 0 Å². The SMILES string of the molecule is CC(C)C(C(=O)NN)N(C)CC1(O)CCOCC1. The molecule has 1 fully saturated rings. The summed E-state index contributed by atoms with van der Waals surface area (Å²) >= 11 is 0. The maximum absolute atomic E-state index is 11.8. The van der Waals surface area contributed by atoms with E-state index in [1.807, 2.05) is 25.8 Å². The Morgan fingerprint density at radius 2 is 2.06 bits per heavy atom. The molecule has 106 valence electrons. The van der Waals surface area contributed by atoms with Crippen LogP contribution in [0, 0.1) is 5.92 Å². The summed E-state index contributed by atoms with van der Waals surface area (Å²) in [5.41, 5.74) is 1.42. The van der Waals surface area contributed by atoms with Crippen LogP contribution in [-0.2, 0) is 9.53 Å². The number of likely N-dealkylation sites (N-methyl/N-ethyl adjacent to an activating group) is 1. The normalized spacial score (nSPS) is 21.1. The summed E-state index contributed by atoms with van der Waals surface area (Å²) in [6.45, 7) is 5.51. The van der Waals surface area contributed by atoms with Gasteiger partial charge in [-0.25, -0.2) is 5.84 Å². The van der Waals surface area contributed by atoms with E-state index in [0.29, 0.717) is 32.6 Å². The zero-order valence-electron chi connectivity index (χ0n) is 11.5. The number of aliphatic hydroxyl groups is 1. The minimum Gasteiger partial charge on any atom is -0.388 e. The number of carbonyl (C=O) groups is 1. The summed E-state index contributed by atoms with van der Waals surface area (Å²) in [4.78, 5) is 13.6. The fraction of sp³-hybridized carbons (Fsp3) is 0.917. The van der Waals surface area contributed by atoms with Gasteiger partial charge in [0.25, 0.3) is 5.91 Å². The predicted molar refractivity (Wildman–Crippen MR) is 68.6 cm³/mol. The Hall–Kier alpha value is -0.690. The van der Waals surface area contributed by atoms with Crippen LogP contribution < -0.4 is 11.3 Å². The number of nitrogens with one attached hydrogen (secondary N) is 1. The number of hydrogen-bond donors (Lipinski definition) is 3. The van der Waals surface area contributed by atoms with Gasteiger partial charge in [-0.2, -0.15) is 0 Å². The number of carbonyl (C=O) groups excluding carboxylic acids is 1. The lowest BCUT2D eigenvalue weighted by atomic mass is 9.92. The van der Waals surface area contributed by atoms with Crippen molar-refractivity contribution in [1.82, 2.24) is 10.3 Å². The molecule has 1 amide bonds. The van der Waals surface area contributed by atoms with Crippen molar-refractivity contribution in [2.45, 2.75) is 38.3 Å². The Morgan fingerprint density at radius 1 is 1.50 bits per heavy atom. The fourth-order valence-electron chi connectivity index (χ4n) is 2.57. The van der Waals surface area contributed by atoms with Gasteiger partial charge < -0.3 is 9.84 Å². The monoisotopic (exact) mass is 259 g/mol. The van der Waals surface area contributed by atoms with Crippen LogP contribution in [0.2, 0.25) is 0 Å². The first-order valence-electron chi connectivity index (χ1n) is 6.40. The Balaban J connectivity index is 2.65. The maximum Gasteiger partial charge on any atom is 0.251 e. The molecule has 1 unspecified atom stereocenters. The molecule has 1 aliphatic rings. The molecule has 0 radical (unpaired) electrons. The largest absolute Gasteiger partial charge is 0.388 e. The molecule has 6 heteroatoms. The fourth-order valence-corrected chi connectivity index (χ4v) is 2.57. The molecule has 0 aromatic heterocycles. The minimum absolute atomic E-state index is 0.127. The van der Waals surface area contributed by atoms with Gasteiger partial charge in [0, 0.05) is 32.6 Å². The van der Waals surface area contributed by atoms with Gasteiger partial charge in [-0.3, -0.25) is 15.1 Å². The lowest BCUT2D eigenvalue weighted by Gasteiger charge is -2.38. The molecule has 0 aliphatic carbocycles. The van der Waals surface area contributed by atoms with E-state index in [1.54, 1.807) is 0 Å². The van der Waals surface area contributed by atoms with Crippen molar-refractivity contribution in [1.29, 1.82) is 0 Å². The zero-order valence-corrected chi connectivity index (χ0v) is 11.5. The smallest absolute Gasteiger partial charge is 0.251 e. The molecule has 4 N–H and O–H groups in total. The van der Waals surface area contributed by atoms with Crippen molar-refractivity contribution >= 4 is 5.91 Å². The van der Waals surface area contributed by atoms with Crippen LogP contribution in [0.5, 0.6) is 0 Å². The first kappa shape index (κ1) is 15.4. The first-order chi connectivity index (χ1) is 8.39. The molecule has 0 aromatic rings. The number of nitrogens with zero attached hydrogens (tertiary/aromatic N) is 1. The second kappa shape index (κ2) is 6.47. The van der Waals surface area contributed by atoms with Crippen molar-refractivity contribution in [2.24, 2.45) is 11.8 Å². The van der Waals surface area contributed by atoms with E-state index in [4.69, 9.17) is 10.6 Å². The molecule has 1 atom stereocenters. The highest BCUT2D eigenvalue weighted by molar-refractivity contribution is 5.81. The molecule has 1 saturated heterocycles. The van der Waals surface area contributed by atoms with Gasteiger partial charge in [-0.05, 0) is 13.0 Å². The van der Waals surface area contributed by atoms with Crippen LogP contribution in [0.15, 0.2) is 0 Å². The average molecular weight is 259 g/mol. The van der Waals surface area contributed by atoms with Crippen molar-refractivity contribution < 1.29 is 14.6 Å². The Labute approximate surface area is 108 Å². The molecule has 18 heavy (non-hydrogen) atoms. The molecule has 1 aliphatic heterocycles. The second-order valence-corrected chi connectivity index (χ2v) is 5.45. The quantitative estimate of drug-likeness (QED) is 0.351. The third-order valence-corrected chi connectivity index (χ3v) is 3.48. The molecule has 1 rings (SSSR count). The Kier molecular flexibility index (Phi) is 5.52. The number of rotatable bonds is 5. The van der Waals surface area contributed by atoms with Crippen molar-refractivity contribution in [3.05, 3.63) is 0 Å². The lowest BCUT2D eigenvalue weighted by molar-refractivity contribution is -0.130. The van der Waals surface area contributed by atoms with E-state index < -0.39 is 5.60 Å². The molecule has 0 spiro atoms. The van der Waals surface area contributed by atoms with Gasteiger partial charge in [0.05, 0.1) is 11.6 Å². The molecule has 0 aromatic carbocycles. The molecule has 1 heterocycles. The third kappa shape index (κ3) is 3.91. The van der Waals surface area contributed by atoms with Gasteiger partial charge in [0.1, 0.15) is 0 Å². The zero-order chi connectivity index (χ0) is 13.8. The van der Waals surface area contributed by atoms with Gasteiger partial charge >= 0.3 is 0 Å². The number of hydrogen-bond acceptors (Lipinski definition) is 5. The van der Waals surface area contributed by atoms with E-state index in [9.17, 15) is 9.90 Å². The van der Waals surface area contributed by atoms with Crippen LogP contribution in [-0.4, -0.2) is 54.4 Å². The number of amides is 1. The average Bonchev–Trinajstić information content (AvgIpc) is 2.28. The molecular formula is C12H25N3O3. The van der Waals surface area contributed by atoms with Crippen LogP contribution in [0.1, 0.15) is 26.7 Å². The summed E-state index contributed by atoms with van der Waals surface area (Å²) < 4.78 is 5.25. The van der Waals surface area contributed by atoms with E-state index in [-0.39, 0.29) is 17.9 Å².